The van der Waals surface area contributed by atoms with Gasteiger partial charge in [0.2, 0.25) is 0 Å². The SMILES string of the molecule is Cc1cc(C)c(CNc2cc([C@H]3CCCNC3)nc(C)n2)cn1. The van der Waals surface area contributed by atoms with Gasteiger partial charge in [-0.05, 0) is 57.4 Å². The number of aromatic nitrogens is 3. The summed E-state index contributed by atoms with van der Waals surface area (Å²) >= 11 is 0. The summed E-state index contributed by atoms with van der Waals surface area (Å²) in [6.45, 7) is 8.96. The predicted molar refractivity (Wildman–Crippen MR) is 92.7 cm³/mol. The molecular formula is C18H25N5. The first kappa shape index (κ1) is 15.9. The van der Waals surface area contributed by atoms with Crippen molar-refractivity contribution < 1.29 is 0 Å². The fraction of sp³-hybridized carbons (Fsp3) is 0.500. The van der Waals surface area contributed by atoms with E-state index in [1.165, 1.54) is 24.0 Å². The van der Waals surface area contributed by atoms with Crippen molar-refractivity contribution in [2.45, 2.75) is 46.1 Å². The van der Waals surface area contributed by atoms with Crippen LogP contribution in [0.4, 0.5) is 5.82 Å². The third-order valence-electron chi connectivity index (χ3n) is 4.39. The van der Waals surface area contributed by atoms with Gasteiger partial charge in [-0.15, -0.1) is 0 Å². The quantitative estimate of drug-likeness (QED) is 0.909. The number of hydrogen-bond donors (Lipinski definition) is 2. The lowest BCUT2D eigenvalue weighted by Crippen LogP contribution is -2.29. The van der Waals surface area contributed by atoms with Crippen molar-refractivity contribution in [3.05, 3.63) is 46.7 Å². The largest absolute Gasteiger partial charge is 0.366 e. The molecule has 0 saturated carbocycles. The molecule has 1 fully saturated rings. The topological polar surface area (TPSA) is 62.7 Å². The van der Waals surface area contributed by atoms with Crippen LogP contribution in [0.1, 0.15) is 47.1 Å². The van der Waals surface area contributed by atoms with Gasteiger partial charge >= 0.3 is 0 Å². The molecule has 0 aromatic carbocycles. The Hall–Kier alpha value is -2.01. The van der Waals surface area contributed by atoms with E-state index in [1.54, 1.807) is 0 Å². The van der Waals surface area contributed by atoms with Crippen LogP contribution in [0.25, 0.3) is 0 Å². The molecule has 0 unspecified atom stereocenters. The number of pyridine rings is 1. The maximum absolute atomic E-state index is 4.64. The fourth-order valence-electron chi connectivity index (χ4n) is 3.09. The van der Waals surface area contributed by atoms with Crippen molar-refractivity contribution in [2.24, 2.45) is 0 Å². The molecule has 0 radical (unpaired) electrons. The van der Waals surface area contributed by atoms with Gasteiger partial charge in [0.25, 0.3) is 0 Å². The normalized spacial score (nSPS) is 18.0. The highest BCUT2D eigenvalue weighted by Gasteiger charge is 2.17. The van der Waals surface area contributed by atoms with Crippen molar-refractivity contribution in [1.29, 1.82) is 0 Å². The van der Waals surface area contributed by atoms with E-state index < -0.39 is 0 Å². The summed E-state index contributed by atoms with van der Waals surface area (Å²) in [4.78, 5) is 13.5. The van der Waals surface area contributed by atoms with Crippen molar-refractivity contribution in [3.8, 4) is 0 Å². The van der Waals surface area contributed by atoms with Gasteiger partial charge in [-0.3, -0.25) is 4.98 Å². The minimum Gasteiger partial charge on any atom is -0.366 e. The van der Waals surface area contributed by atoms with Crippen molar-refractivity contribution >= 4 is 5.82 Å². The summed E-state index contributed by atoms with van der Waals surface area (Å²) in [5, 5.41) is 6.88. The molecule has 23 heavy (non-hydrogen) atoms. The summed E-state index contributed by atoms with van der Waals surface area (Å²) in [6.07, 6.45) is 4.35. The lowest BCUT2D eigenvalue weighted by Gasteiger charge is -2.23. The van der Waals surface area contributed by atoms with E-state index in [4.69, 9.17) is 0 Å². The number of nitrogens with one attached hydrogen (secondary N) is 2. The second-order valence-corrected chi connectivity index (χ2v) is 6.37. The zero-order valence-electron chi connectivity index (χ0n) is 14.2. The minimum absolute atomic E-state index is 0.494. The molecule has 2 aromatic rings. The number of nitrogens with zero attached hydrogens (tertiary/aromatic N) is 3. The van der Waals surface area contributed by atoms with Crippen LogP contribution in [0.15, 0.2) is 18.3 Å². The molecule has 0 amide bonds. The molecule has 1 aliphatic heterocycles. The lowest BCUT2D eigenvalue weighted by molar-refractivity contribution is 0.453. The molecule has 3 rings (SSSR count). The molecule has 1 aliphatic rings. The number of anilines is 1. The van der Waals surface area contributed by atoms with Crippen molar-refractivity contribution in [2.75, 3.05) is 18.4 Å². The molecule has 3 heterocycles. The van der Waals surface area contributed by atoms with Gasteiger partial charge in [0, 0.05) is 37.0 Å². The molecule has 0 spiro atoms. The summed E-state index contributed by atoms with van der Waals surface area (Å²) in [5.41, 5.74) is 4.65. The first-order valence-electron chi connectivity index (χ1n) is 8.34. The average molecular weight is 311 g/mol. The molecule has 1 atom stereocenters. The number of hydrogen-bond acceptors (Lipinski definition) is 5. The Morgan fingerprint density at radius 2 is 2.09 bits per heavy atom. The maximum Gasteiger partial charge on any atom is 0.130 e. The zero-order valence-corrected chi connectivity index (χ0v) is 14.2. The number of aryl methyl sites for hydroxylation is 3. The van der Waals surface area contributed by atoms with Crippen LogP contribution >= 0.6 is 0 Å². The molecule has 0 aliphatic carbocycles. The van der Waals surface area contributed by atoms with Crippen LogP contribution in [-0.2, 0) is 6.54 Å². The summed E-state index contributed by atoms with van der Waals surface area (Å²) in [7, 11) is 0. The molecule has 5 heteroatoms. The summed E-state index contributed by atoms with van der Waals surface area (Å²) < 4.78 is 0. The standard InChI is InChI=1S/C18H25N5/c1-12-7-13(2)20-10-16(12)11-21-18-8-17(22-14(3)23-18)15-5-4-6-19-9-15/h7-8,10,15,19H,4-6,9,11H2,1-3H3,(H,21,22,23)/t15-/m0/s1. The van der Waals surface area contributed by atoms with Gasteiger partial charge in [0.1, 0.15) is 11.6 Å². The van der Waals surface area contributed by atoms with E-state index in [1.807, 2.05) is 20.0 Å². The summed E-state index contributed by atoms with van der Waals surface area (Å²) in [6, 6.07) is 4.21. The third-order valence-corrected chi connectivity index (χ3v) is 4.39. The van der Waals surface area contributed by atoms with E-state index in [-0.39, 0.29) is 0 Å². The van der Waals surface area contributed by atoms with Gasteiger partial charge in [0.15, 0.2) is 0 Å². The fourth-order valence-corrected chi connectivity index (χ4v) is 3.09. The van der Waals surface area contributed by atoms with Gasteiger partial charge in [-0.1, -0.05) is 0 Å². The van der Waals surface area contributed by atoms with E-state index in [9.17, 15) is 0 Å². The number of piperidine rings is 1. The van der Waals surface area contributed by atoms with E-state index in [2.05, 4.69) is 44.6 Å². The Morgan fingerprint density at radius 3 is 2.83 bits per heavy atom. The molecule has 0 bridgehead atoms. The minimum atomic E-state index is 0.494. The Balaban J connectivity index is 1.73. The molecular weight excluding hydrogens is 286 g/mol. The van der Waals surface area contributed by atoms with Crippen LogP contribution in [0.2, 0.25) is 0 Å². The monoisotopic (exact) mass is 311 g/mol. The molecule has 2 aromatic heterocycles. The molecule has 5 nitrogen and oxygen atoms in total. The molecule has 122 valence electrons. The third kappa shape index (κ3) is 4.05. The van der Waals surface area contributed by atoms with Crippen LogP contribution in [0, 0.1) is 20.8 Å². The Labute approximate surface area is 138 Å². The van der Waals surface area contributed by atoms with E-state index >= 15 is 0 Å². The predicted octanol–water partition coefficient (Wildman–Crippen LogP) is 2.88. The zero-order chi connectivity index (χ0) is 16.2. The van der Waals surface area contributed by atoms with Crippen LogP contribution in [-0.4, -0.2) is 28.0 Å². The summed E-state index contributed by atoms with van der Waals surface area (Å²) in [5.74, 6) is 2.22. The molecule has 2 N–H and O–H groups in total. The first-order valence-corrected chi connectivity index (χ1v) is 8.34. The van der Waals surface area contributed by atoms with Gasteiger partial charge in [0.05, 0.1) is 5.69 Å². The highest BCUT2D eigenvalue weighted by Crippen LogP contribution is 2.23. The van der Waals surface area contributed by atoms with Crippen LogP contribution in [0.3, 0.4) is 0 Å². The maximum atomic E-state index is 4.64. The Morgan fingerprint density at radius 1 is 1.22 bits per heavy atom. The highest BCUT2D eigenvalue weighted by molar-refractivity contribution is 5.39. The lowest BCUT2D eigenvalue weighted by atomic mass is 9.96. The highest BCUT2D eigenvalue weighted by atomic mass is 15.0. The number of rotatable bonds is 4. The van der Waals surface area contributed by atoms with E-state index in [0.29, 0.717) is 5.92 Å². The first-order chi connectivity index (χ1) is 11.1. The van der Waals surface area contributed by atoms with Crippen molar-refractivity contribution in [1.82, 2.24) is 20.3 Å². The van der Waals surface area contributed by atoms with Crippen LogP contribution < -0.4 is 10.6 Å². The smallest absolute Gasteiger partial charge is 0.130 e. The van der Waals surface area contributed by atoms with Gasteiger partial charge in [-0.2, -0.15) is 0 Å². The molecule has 1 saturated heterocycles. The Bertz CT molecular complexity index is 677. The second kappa shape index (κ2) is 7.04. The van der Waals surface area contributed by atoms with Crippen LogP contribution in [0.5, 0.6) is 0 Å². The van der Waals surface area contributed by atoms with Gasteiger partial charge in [-0.25, -0.2) is 9.97 Å². The van der Waals surface area contributed by atoms with Crippen molar-refractivity contribution in [3.63, 3.8) is 0 Å². The Kier molecular flexibility index (Phi) is 4.86. The van der Waals surface area contributed by atoms with E-state index in [0.717, 1.165) is 42.7 Å². The average Bonchev–Trinajstić information content (AvgIpc) is 2.54. The van der Waals surface area contributed by atoms with Gasteiger partial charge < -0.3 is 10.6 Å². The second-order valence-electron chi connectivity index (χ2n) is 6.37.